The van der Waals surface area contributed by atoms with Gasteiger partial charge in [-0.25, -0.2) is 0 Å². The van der Waals surface area contributed by atoms with Gasteiger partial charge in [-0.15, -0.1) is 0 Å². The number of hydrogen-bond acceptors (Lipinski definition) is 5. The molecule has 1 aromatic carbocycles. The van der Waals surface area contributed by atoms with Crippen molar-refractivity contribution in [1.82, 2.24) is 5.32 Å². The highest BCUT2D eigenvalue weighted by atomic mass is 16.7. The van der Waals surface area contributed by atoms with Crippen LogP contribution in [-0.2, 0) is 11.3 Å². The predicted octanol–water partition coefficient (Wildman–Crippen LogP) is 2.27. The number of fused-ring (bicyclic) bond motifs is 1. The first kappa shape index (κ1) is 14.9. The van der Waals surface area contributed by atoms with Crippen LogP contribution in [0.1, 0.15) is 25.8 Å². The van der Waals surface area contributed by atoms with Gasteiger partial charge in [0.1, 0.15) is 5.75 Å². The zero-order valence-electron chi connectivity index (χ0n) is 12.4. The second-order valence-corrected chi connectivity index (χ2v) is 5.84. The maximum Gasteiger partial charge on any atom is 0.231 e. The molecule has 0 unspecified atom stereocenters. The smallest absolute Gasteiger partial charge is 0.231 e. The largest absolute Gasteiger partial charge is 0.507 e. The van der Waals surface area contributed by atoms with Gasteiger partial charge in [0.15, 0.2) is 11.5 Å². The van der Waals surface area contributed by atoms with E-state index in [4.69, 9.17) is 14.2 Å². The van der Waals surface area contributed by atoms with Crippen molar-refractivity contribution in [2.75, 3.05) is 27.1 Å². The summed E-state index contributed by atoms with van der Waals surface area (Å²) in [5.41, 5.74) is 0.971. The number of benzene rings is 1. The SMILES string of the molecule is COCCC(C)(C)CNCc1cc2c(cc1O)OCO2. The third kappa shape index (κ3) is 3.77. The van der Waals surface area contributed by atoms with E-state index in [2.05, 4.69) is 19.2 Å². The van der Waals surface area contributed by atoms with Crippen LogP contribution in [-0.4, -0.2) is 32.2 Å². The van der Waals surface area contributed by atoms with Gasteiger partial charge < -0.3 is 24.6 Å². The molecule has 0 fully saturated rings. The van der Waals surface area contributed by atoms with E-state index in [9.17, 15) is 5.11 Å². The van der Waals surface area contributed by atoms with Crippen LogP contribution < -0.4 is 14.8 Å². The van der Waals surface area contributed by atoms with Gasteiger partial charge in [-0.1, -0.05) is 13.8 Å². The van der Waals surface area contributed by atoms with Gasteiger partial charge in [-0.2, -0.15) is 0 Å². The summed E-state index contributed by atoms with van der Waals surface area (Å²) < 4.78 is 15.7. The zero-order chi connectivity index (χ0) is 14.6. The fourth-order valence-electron chi connectivity index (χ4n) is 2.12. The Kier molecular flexibility index (Phi) is 4.73. The predicted molar refractivity (Wildman–Crippen MR) is 76.2 cm³/mol. The Morgan fingerprint density at radius 2 is 2.00 bits per heavy atom. The third-order valence-electron chi connectivity index (χ3n) is 3.48. The van der Waals surface area contributed by atoms with Crippen LogP contribution in [0.5, 0.6) is 17.2 Å². The van der Waals surface area contributed by atoms with E-state index in [1.165, 1.54) is 0 Å². The van der Waals surface area contributed by atoms with Crippen molar-refractivity contribution in [2.45, 2.75) is 26.8 Å². The monoisotopic (exact) mass is 281 g/mol. The summed E-state index contributed by atoms with van der Waals surface area (Å²) in [4.78, 5) is 0. The van der Waals surface area contributed by atoms with Crippen LogP contribution in [0.25, 0.3) is 0 Å². The van der Waals surface area contributed by atoms with Gasteiger partial charge >= 0.3 is 0 Å². The van der Waals surface area contributed by atoms with Gasteiger partial charge in [0.05, 0.1) is 0 Å². The van der Waals surface area contributed by atoms with E-state index < -0.39 is 0 Å². The molecule has 2 N–H and O–H groups in total. The molecule has 0 bridgehead atoms. The molecule has 0 atom stereocenters. The van der Waals surface area contributed by atoms with E-state index in [0.29, 0.717) is 18.0 Å². The molecule has 1 aliphatic heterocycles. The molecule has 0 radical (unpaired) electrons. The first-order valence-corrected chi connectivity index (χ1v) is 6.83. The Bertz CT molecular complexity index is 459. The highest BCUT2D eigenvalue weighted by Crippen LogP contribution is 2.37. The summed E-state index contributed by atoms with van der Waals surface area (Å²) in [6.45, 7) is 6.81. The second-order valence-electron chi connectivity index (χ2n) is 5.84. The van der Waals surface area contributed by atoms with Crippen LogP contribution >= 0.6 is 0 Å². The molecular formula is C15H23NO4. The first-order valence-electron chi connectivity index (χ1n) is 6.83. The van der Waals surface area contributed by atoms with Gasteiger partial charge in [0.2, 0.25) is 6.79 Å². The van der Waals surface area contributed by atoms with Crippen LogP contribution in [0.3, 0.4) is 0 Å². The van der Waals surface area contributed by atoms with E-state index in [0.717, 1.165) is 25.1 Å². The molecule has 5 heteroatoms. The number of rotatable bonds is 7. The fourth-order valence-corrected chi connectivity index (χ4v) is 2.12. The number of aromatic hydroxyl groups is 1. The molecule has 5 nitrogen and oxygen atoms in total. The molecule has 1 aromatic rings. The minimum atomic E-state index is 0.155. The van der Waals surface area contributed by atoms with E-state index in [-0.39, 0.29) is 18.0 Å². The molecule has 0 aliphatic carbocycles. The lowest BCUT2D eigenvalue weighted by molar-refractivity contribution is 0.150. The normalized spacial score (nSPS) is 13.8. The minimum Gasteiger partial charge on any atom is -0.507 e. The average Bonchev–Trinajstić information content (AvgIpc) is 2.83. The lowest BCUT2D eigenvalue weighted by Crippen LogP contribution is -2.30. The number of ether oxygens (including phenoxy) is 3. The lowest BCUT2D eigenvalue weighted by atomic mass is 9.89. The van der Waals surface area contributed by atoms with Gasteiger partial charge in [-0.05, 0) is 17.9 Å². The molecule has 0 saturated carbocycles. The van der Waals surface area contributed by atoms with Crippen LogP contribution in [0.4, 0.5) is 0 Å². The summed E-state index contributed by atoms with van der Waals surface area (Å²) in [6.07, 6.45) is 0.990. The maximum atomic E-state index is 9.95. The van der Waals surface area contributed by atoms with Crippen LogP contribution in [0.2, 0.25) is 0 Å². The number of nitrogens with one attached hydrogen (secondary N) is 1. The van der Waals surface area contributed by atoms with Gasteiger partial charge in [-0.3, -0.25) is 0 Å². The number of phenols is 1. The topological polar surface area (TPSA) is 60.0 Å². The molecule has 0 saturated heterocycles. The third-order valence-corrected chi connectivity index (χ3v) is 3.48. The molecule has 2 rings (SSSR count). The van der Waals surface area contributed by atoms with Crippen LogP contribution in [0.15, 0.2) is 12.1 Å². The maximum absolute atomic E-state index is 9.95. The van der Waals surface area contributed by atoms with Crippen molar-refractivity contribution in [3.8, 4) is 17.2 Å². The van der Waals surface area contributed by atoms with Crippen molar-refractivity contribution in [2.24, 2.45) is 5.41 Å². The average molecular weight is 281 g/mol. The summed E-state index contributed by atoms with van der Waals surface area (Å²) in [5.74, 6) is 1.53. The Hall–Kier alpha value is -1.46. The lowest BCUT2D eigenvalue weighted by Gasteiger charge is -2.24. The standard InChI is InChI=1S/C15H23NO4/c1-15(2,4-5-18-3)9-16-8-11-6-13-14(7-12(11)17)20-10-19-13/h6-7,16-17H,4-5,8-10H2,1-3H3. The van der Waals surface area contributed by atoms with Gasteiger partial charge in [0, 0.05) is 38.4 Å². The summed E-state index contributed by atoms with van der Waals surface area (Å²) >= 11 is 0. The van der Waals surface area contributed by atoms with Crippen molar-refractivity contribution < 1.29 is 19.3 Å². The second kappa shape index (κ2) is 6.33. The van der Waals surface area contributed by atoms with Crippen molar-refractivity contribution >= 4 is 0 Å². The Balaban J connectivity index is 1.88. The van der Waals surface area contributed by atoms with Gasteiger partial charge in [0.25, 0.3) is 0 Å². The summed E-state index contributed by atoms with van der Waals surface area (Å²) in [7, 11) is 1.72. The highest BCUT2D eigenvalue weighted by molar-refractivity contribution is 5.51. The highest BCUT2D eigenvalue weighted by Gasteiger charge is 2.19. The number of hydrogen-bond donors (Lipinski definition) is 2. The first-order chi connectivity index (χ1) is 9.52. The number of methoxy groups -OCH3 is 1. The molecule has 0 spiro atoms. The molecule has 20 heavy (non-hydrogen) atoms. The Labute approximate surface area is 119 Å². The molecule has 1 aliphatic rings. The van der Waals surface area contributed by atoms with Crippen molar-refractivity contribution in [3.63, 3.8) is 0 Å². The molecular weight excluding hydrogens is 258 g/mol. The number of phenolic OH excluding ortho intramolecular Hbond substituents is 1. The fraction of sp³-hybridized carbons (Fsp3) is 0.600. The van der Waals surface area contributed by atoms with Crippen molar-refractivity contribution in [1.29, 1.82) is 0 Å². The van der Waals surface area contributed by atoms with E-state index >= 15 is 0 Å². The summed E-state index contributed by atoms with van der Waals surface area (Å²) in [5, 5.41) is 13.3. The Morgan fingerprint density at radius 3 is 2.70 bits per heavy atom. The zero-order valence-corrected chi connectivity index (χ0v) is 12.4. The van der Waals surface area contributed by atoms with Crippen LogP contribution in [0, 0.1) is 5.41 Å². The van der Waals surface area contributed by atoms with E-state index in [1.807, 2.05) is 6.07 Å². The minimum absolute atomic E-state index is 0.155. The molecule has 1 heterocycles. The molecule has 0 aromatic heterocycles. The molecule has 0 amide bonds. The molecule has 112 valence electrons. The Morgan fingerprint density at radius 1 is 1.30 bits per heavy atom. The summed E-state index contributed by atoms with van der Waals surface area (Å²) in [6, 6.07) is 3.43. The van der Waals surface area contributed by atoms with Crippen molar-refractivity contribution in [3.05, 3.63) is 17.7 Å². The quantitative estimate of drug-likeness (QED) is 0.803. The van der Waals surface area contributed by atoms with E-state index in [1.54, 1.807) is 13.2 Å².